The Labute approximate surface area is 102 Å². The molecule has 0 aliphatic carbocycles. The molecule has 0 heterocycles. The molecule has 3 N–H and O–H groups in total. The number of rotatable bonds is 8. The summed E-state index contributed by atoms with van der Waals surface area (Å²) in [6.45, 7) is 2.95. The fourth-order valence-electron chi connectivity index (χ4n) is 1.25. The highest BCUT2D eigenvalue weighted by atomic mass is 16.5. The molecule has 0 atom stereocenters. The van der Waals surface area contributed by atoms with Gasteiger partial charge in [0.2, 0.25) is 0 Å². The standard InChI is InChI=1S/C11H18BNO4/c1-12(15)13-5-7-16-10-3-2-4-11(9-10)17-8-6-14/h2-4,9,13-15H,5-8H2,1H3. The predicted molar refractivity (Wildman–Crippen MR) is 66.4 cm³/mol. The highest BCUT2D eigenvalue weighted by Crippen LogP contribution is 2.18. The summed E-state index contributed by atoms with van der Waals surface area (Å²) in [5, 5.41) is 20.4. The summed E-state index contributed by atoms with van der Waals surface area (Å²) >= 11 is 0. The fourth-order valence-corrected chi connectivity index (χ4v) is 1.25. The lowest BCUT2D eigenvalue weighted by atomic mass is 9.89. The second-order valence-corrected chi connectivity index (χ2v) is 3.53. The molecule has 0 aromatic heterocycles. The molecule has 5 nitrogen and oxygen atoms in total. The quantitative estimate of drug-likeness (QED) is 0.444. The first kappa shape index (κ1) is 13.8. The molecule has 17 heavy (non-hydrogen) atoms. The van der Waals surface area contributed by atoms with Crippen molar-refractivity contribution in [3.05, 3.63) is 24.3 Å². The lowest BCUT2D eigenvalue weighted by molar-refractivity contribution is 0.200. The van der Waals surface area contributed by atoms with Crippen molar-refractivity contribution < 1.29 is 19.6 Å². The van der Waals surface area contributed by atoms with Crippen molar-refractivity contribution >= 4 is 7.05 Å². The highest BCUT2D eigenvalue weighted by Gasteiger charge is 2.01. The molecule has 0 aliphatic heterocycles. The molecule has 0 amide bonds. The Balaban J connectivity index is 2.32. The Hall–Kier alpha value is -1.24. The van der Waals surface area contributed by atoms with Crippen LogP contribution in [0.15, 0.2) is 24.3 Å². The third-order valence-electron chi connectivity index (χ3n) is 1.98. The summed E-state index contributed by atoms with van der Waals surface area (Å²) in [6, 6.07) is 7.22. The van der Waals surface area contributed by atoms with Gasteiger partial charge in [-0.2, -0.15) is 0 Å². The highest BCUT2D eigenvalue weighted by molar-refractivity contribution is 6.45. The minimum absolute atomic E-state index is 0.0105. The maximum atomic E-state index is 8.98. The molecule has 0 radical (unpaired) electrons. The molecule has 94 valence electrons. The van der Waals surface area contributed by atoms with Crippen molar-refractivity contribution in [3.63, 3.8) is 0 Å². The van der Waals surface area contributed by atoms with Crippen molar-refractivity contribution in [1.82, 2.24) is 5.23 Å². The zero-order valence-electron chi connectivity index (χ0n) is 9.93. The summed E-state index contributed by atoms with van der Waals surface area (Å²) < 4.78 is 10.7. The zero-order chi connectivity index (χ0) is 12.5. The van der Waals surface area contributed by atoms with Crippen LogP contribution in [0.2, 0.25) is 6.82 Å². The van der Waals surface area contributed by atoms with Gasteiger partial charge in [-0.3, -0.25) is 0 Å². The number of hydrogen-bond donors (Lipinski definition) is 3. The number of hydrogen-bond acceptors (Lipinski definition) is 5. The lowest BCUT2D eigenvalue weighted by Crippen LogP contribution is -2.33. The van der Waals surface area contributed by atoms with Gasteiger partial charge in [-0.15, -0.1) is 0 Å². The molecule has 1 aromatic rings. The zero-order valence-corrected chi connectivity index (χ0v) is 9.93. The van der Waals surface area contributed by atoms with Crippen LogP contribution >= 0.6 is 0 Å². The van der Waals surface area contributed by atoms with E-state index >= 15 is 0 Å². The van der Waals surface area contributed by atoms with E-state index in [-0.39, 0.29) is 13.2 Å². The summed E-state index contributed by atoms with van der Waals surface area (Å²) in [5.74, 6) is 1.37. The summed E-state index contributed by atoms with van der Waals surface area (Å²) in [5.41, 5.74) is 0. The molecule has 0 saturated heterocycles. The summed E-state index contributed by atoms with van der Waals surface area (Å²) in [7, 11) is -0.530. The van der Waals surface area contributed by atoms with Gasteiger partial charge < -0.3 is 24.8 Å². The predicted octanol–water partition coefficient (Wildman–Crippen LogP) is 0.136. The first-order valence-electron chi connectivity index (χ1n) is 5.60. The summed E-state index contributed by atoms with van der Waals surface area (Å²) in [4.78, 5) is 0. The largest absolute Gasteiger partial charge is 0.492 e. The van der Waals surface area contributed by atoms with Gasteiger partial charge in [0.1, 0.15) is 18.1 Å². The Morgan fingerprint density at radius 2 is 1.88 bits per heavy atom. The number of aliphatic hydroxyl groups excluding tert-OH is 1. The van der Waals surface area contributed by atoms with Crippen LogP contribution in [0.3, 0.4) is 0 Å². The minimum atomic E-state index is -0.530. The van der Waals surface area contributed by atoms with Crippen LogP contribution in [0, 0.1) is 0 Å². The second-order valence-electron chi connectivity index (χ2n) is 3.53. The van der Waals surface area contributed by atoms with Gasteiger partial charge in [0.05, 0.1) is 13.2 Å². The minimum Gasteiger partial charge on any atom is -0.492 e. The number of aliphatic hydroxyl groups is 1. The van der Waals surface area contributed by atoms with E-state index in [1.165, 1.54) is 0 Å². The van der Waals surface area contributed by atoms with E-state index in [4.69, 9.17) is 19.6 Å². The van der Waals surface area contributed by atoms with Crippen molar-refractivity contribution in [2.75, 3.05) is 26.4 Å². The molecule has 0 spiro atoms. The third kappa shape index (κ3) is 6.16. The van der Waals surface area contributed by atoms with Crippen LogP contribution in [0.1, 0.15) is 0 Å². The van der Waals surface area contributed by atoms with Gasteiger partial charge in [0.25, 0.3) is 0 Å². The van der Waals surface area contributed by atoms with Crippen molar-refractivity contribution in [3.8, 4) is 11.5 Å². The Morgan fingerprint density at radius 3 is 2.47 bits per heavy atom. The molecule has 0 unspecified atom stereocenters. The van der Waals surface area contributed by atoms with Crippen LogP contribution < -0.4 is 14.7 Å². The van der Waals surface area contributed by atoms with Gasteiger partial charge in [-0.1, -0.05) is 6.07 Å². The van der Waals surface area contributed by atoms with Gasteiger partial charge in [0, 0.05) is 12.6 Å². The number of ether oxygens (including phenoxy) is 2. The number of nitrogens with one attached hydrogen (secondary N) is 1. The van der Waals surface area contributed by atoms with Crippen molar-refractivity contribution in [2.45, 2.75) is 6.82 Å². The van der Waals surface area contributed by atoms with Gasteiger partial charge in [-0.05, 0) is 19.0 Å². The Kier molecular flexibility index (Phi) is 6.46. The molecule has 6 heteroatoms. The molecular formula is C11H18BNO4. The second kappa shape index (κ2) is 7.94. The average molecular weight is 239 g/mol. The normalized spacial score (nSPS) is 10.1. The monoisotopic (exact) mass is 239 g/mol. The van der Waals surface area contributed by atoms with E-state index in [1.807, 2.05) is 12.1 Å². The first-order valence-corrected chi connectivity index (χ1v) is 5.60. The maximum absolute atomic E-state index is 8.98. The smallest absolute Gasteiger partial charge is 0.373 e. The van der Waals surface area contributed by atoms with E-state index < -0.39 is 7.05 Å². The molecule has 1 aromatic carbocycles. The maximum Gasteiger partial charge on any atom is 0.373 e. The molecule has 0 saturated carbocycles. The molecule has 0 aliphatic rings. The van der Waals surface area contributed by atoms with Gasteiger partial charge in [-0.25, -0.2) is 0 Å². The first-order chi connectivity index (χ1) is 8.22. The fraction of sp³-hybridized carbons (Fsp3) is 0.455. The van der Waals surface area contributed by atoms with E-state index in [1.54, 1.807) is 19.0 Å². The van der Waals surface area contributed by atoms with Crippen LogP contribution in [0.5, 0.6) is 11.5 Å². The Bertz CT molecular complexity index is 322. The molecule has 0 bridgehead atoms. The lowest BCUT2D eigenvalue weighted by Gasteiger charge is -2.09. The van der Waals surface area contributed by atoms with Gasteiger partial charge >= 0.3 is 7.05 Å². The summed E-state index contributed by atoms with van der Waals surface area (Å²) in [6.07, 6.45) is 0. The molecular weight excluding hydrogens is 221 g/mol. The number of benzene rings is 1. The van der Waals surface area contributed by atoms with Gasteiger partial charge in [0.15, 0.2) is 0 Å². The van der Waals surface area contributed by atoms with Crippen molar-refractivity contribution in [2.24, 2.45) is 0 Å². The van der Waals surface area contributed by atoms with E-state index in [0.29, 0.717) is 24.7 Å². The van der Waals surface area contributed by atoms with E-state index in [9.17, 15) is 0 Å². The van der Waals surface area contributed by atoms with Crippen LogP contribution in [0.4, 0.5) is 0 Å². The third-order valence-corrected chi connectivity index (χ3v) is 1.98. The molecule has 0 fully saturated rings. The molecule has 1 rings (SSSR count). The topological polar surface area (TPSA) is 71.0 Å². The van der Waals surface area contributed by atoms with Crippen LogP contribution in [-0.4, -0.2) is 43.5 Å². The van der Waals surface area contributed by atoms with E-state index in [0.717, 1.165) is 0 Å². The van der Waals surface area contributed by atoms with Crippen LogP contribution in [-0.2, 0) is 0 Å². The average Bonchev–Trinajstić information content (AvgIpc) is 2.32. The van der Waals surface area contributed by atoms with Crippen LogP contribution in [0.25, 0.3) is 0 Å². The SMILES string of the molecule is CB(O)NCCOc1cccc(OCCO)c1. The Morgan fingerprint density at radius 1 is 1.24 bits per heavy atom. The van der Waals surface area contributed by atoms with Crippen molar-refractivity contribution in [1.29, 1.82) is 0 Å². The van der Waals surface area contributed by atoms with E-state index in [2.05, 4.69) is 5.23 Å².